The van der Waals surface area contributed by atoms with Crippen LogP contribution in [0.2, 0.25) is 5.02 Å². The molecule has 43 heavy (non-hydrogen) atoms. The number of rotatable bonds is 8. The van der Waals surface area contributed by atoms with Crippen LogP contribution in [-0.4, -0.2) is 41.6 Å². The Labute approximate surface area is 254 Å². The van der Waals surface area contributed by atoms with Gasteiger partial charge in [0.05, 0.1) is 15.1 Å². The van der Waals surface area contributed by atoms with E-state index in [0.717, 1.165) is 36.3 Å². The number of ketones is 1. The summed E-state index contributed by atoms with van der Waals surface area (Å²) >= 11 is 7.23. The molecule has 1 aliphatic carbocycles. The summed E-state index contributed by atoms with van der Waals surface area (Å²) in [5.41, 5.74) is 1.15. The zero-order valence-corrected chi connectivity index (χ0v) is 24.9. The van der Waals surface area contributed by atoms with Crippen LogP contribution in [0.15, 0.2) is 54.6 Å². The van der Waals surface area contributed by atoms with Crippen molar-refractivity contribution < 1.29 is 31.5 Å². The molecule has 0 aliphatic heterocycles. The summed E-state index contributed by atoms with van der Waals surface area (Å²) in [6.07, 6.45) is 2.81. The summed E-state index contributed by atoms with van der Waals surface area (Å²) in [6.45, 7) is 0.397. The SMILES string of the molecule is CN[C@H]1CC[C@H](N(Cc2cc(-c3ccc(C(=O)C(C)(F)F)cc3)ccc2F)C(=O)c2sc3c(F)ccc(F)c3c2Cl)CC1. The Morgan fingerprint density at radius 3 is 2.14 bits per heavy atom. The molecule has 226 valence electrons. The lowest BCUT2D eigenvalue weighted by atomic mass is 9.89. The maximum absolute atomic E-state index is 15.3. The smallest absolute Gasteiger partial charge is 0.307 e. The third-order valence-corrected chi connectivity index (χ3v) is 9.62. The van der Waals surface area contributed by atoms with E-state index in [2.05, 4.69) is 5.32 Å². The number of amides is 1. The maximum Gasteiger partial charge on any atom is 0.307 e. The number of fused-ring (bicyclic) bond motifs is 1. The molecule has 1 fully saturated rings. The standard InChI is InChI=1S/C32H28ClF5N2O2S/c1-32(37,38)30(41)18-5-3-17(4-6-18)19-7-12-23(34)20(15-19)16-40(22-10-8-21(39-2)9-11-22)31(42)29-27(33)26-24(35)13-14-25(36)28(26)43-29/h3-7,12-15,21-22,39H,8-11,16H2,1-2H3/t21-,22-. The zero-order valence-electron chi connectivity index (χ0n) is 23.3. The second-order valence-electron chi connectivity index (χ2n) is 10.8. The van der Waals surface area contributed by atoms with Gasteiger partial charge in [0.25, 0.3) is 5.91 Å². The highest BCUT2D eigenvalue weighted by atomic mass is 35.5. The van der Waals surface area contributed by atoms with Gasteiger partial charge in [-0.3, -0.25) is 9.59 Å². The molecule has 0 bridgehead atoms. The molecule has 5 rings (SSSR count). The summed E-state index contributed by atoms with van der Waals surface area (Å²) in [5, 5.41) is 2.89. The number of thiophene rings is 1. The Kier molecular flexibility index (Phi) is 8.92. The van der Waals surface area contributed by atoms with Crippen LogP contribution in [0.25, 0.3) is 21.2 Å². The first-order valence-corrected chi connectivity index (χ1v) is 14.9. The summed E-state index contributed by atoms with van der Waals surface area (Å²) in [4.78, 5) is 27.5. The van der Waals surface area contributed by atoms with E-state index in [0.29, 0.717) is 30.9 Å². The highest BCUT2D eigenvalue weighted by Gasteiger charge is 2.34. The minimum Gasteiger partial charge on any atom is -0.330 e. The summed E-state index contributed by atoms with van der Waals surface area (Å²) in [6, 6.07) is 11.8. The van der Waals surface area contributed by atoms with E-state index in [4.69, 9.17) is 11.6 Å². The van der Waals surface area contributed by atoms with E-state index in [1.165, 1.54) is 41.3 Å². The molecular formula is C32H28ClF5N2O2S. The molecule has 0 spiro atoms. The van der Waals surface area contributed by atoms with E-state index >= 15 is 4.39 Å². The number of carbonyl (C=O) groups excluding carboxylic acids is 2. The summed E-state index contributed by atoms with van der Waals surface area (Å²) in [7, 11) is 1.87. The number of Topliss-reactive ketones (excluding diaryl/α,β-unsaturated/α-hetero) is 1. The number of benzene rings is 3. The van der Waals surface area contributed by atoms with Crippen molar-refractivity contribution in [2.24, 2.45) is 0 Å². The number of hydrogen-bond donors (Lipinski definition) is 1. The van der Waals surface area contributed by atoms with Crippen molar-refractivity contribution in [3.63, 3.8) is 0 Å². The zero-order chi connectivity index (χ0) is 31.1. The highest BCUT2D eigenvalue weighted by molar-refractivity contribution is 7.21. The Bertz CT molecular complexity index is 1680. The van der Waals surface area contributed by atoms with Crippen molar-refractivity contribution >= 4 is 44.7 Å². The Morgan fingerprint density at radius 1 is 0.930 bits per heavy atom. The van der Waals surface area contributed by atoms with Crippen LogP contribution < -0.4 is 5.32 Å². The van der Waals surface area contributed by atoms with Crippen LogP contribution in [0.4, 0.5) is 22.0 Å². The Morgan fingerprint density at radius 2 is 1.53 bits per heavy atom. The molecule has 3 aromatic carbocycles. The minimum absolute atomic E-state index is 0.0269. The van der Waals surface area contributed by atoms with Gasteiger partial charge in [-0.2, -0.15) is 8.78 Å². The number of nitrogens with one attached hydrogen (secondary N) is 1. The van der Waals surface area contributed by atoms with Gasteiger partial charge in [-0.25, -0.2) is 13.2 Å². The molecular weight excluding hydrogens is 607 g/mol. The van der Waals surface area contributed by atoms with Crippen molar-refractivity contribution in [2.45, 2.75) is 57.2 Å². The van der Waals surface area contributed by atoms with Crippen LogP contribution in [-0.2, 0) is 6.54 Å². The van der Waals surface area contributed by atoms with Crippen LogP contribution in [0.5, 0.6) is 0 Å². The second kappa shape index (κ2) is 12.3. The lowest BCUT2D eigenvalue weighted by molar-refractivity contribution is 0.0221. The second-order valence-corrected chi connectivity index (χ2v) is 12.2. The number of nitrogens with zero attached hydrogens (tertiary/aromatic N) is 1. The molecule has 1 N–H and O–H groups in total. The summed E-state index contributed by atoms with van der Waals surface area (Å²) < 4.78 is 71.3. The molecule has 1 heterocycles. The molecule has 0 atom stereocenters. The van der Waals surface area contributed by atoms with Crippen molar-refractivity contribution in [3.8, 4) is 11.1 Å². The molecule has 0 saturated heterocycles. The van der Waals surface area contributed by atoms with E-state index in [9.17, 15) is 27.2 Å². The van der Waals surface area contributed by atoms with Crippen LogP contribution >= 0.6 is 22.9 Å². The minimum atomic E-state index is -3.51. The molecule has 4 aromatic rings. The average Bonchev–Trinajstić information content (AvgIpc) is 3.36. The van der Waals surface area contributed by atoms with Gasteiger partial charge in [-0.05, 0) is 68.1 Å². The summed E-state index contributed by atoms with van der Waals surface area (Å²) in [5.74, 6) is -7.37. The maximum atomic E-state index is 15.3. The fourth-order valence-corrected chi connectivity index (χ4v) is 7.04. The third-order valence-electron chi connectivity index (χ3n) is 7.95. The molecule has 11 heteroatoms. The molecule has 1 saturated carbocycles. The van der Waals surface area contributed by atoms with E-state index in [-0.39, 0.29) is 49.7 Å². The number of carbonyl (C=O) groups is 2. The van der Waals surface area contributed by atoms with Crippen molar-refractivity contribution in [2.75, 3.05) is 7.05 Å². The van der Waals surface area contributed by atoms with Crippen molar-refractivity contribution in [1.82, 2.24) is 10.2 Å². The van der Waals surface area contributed by atoms with Crippen molar-refractivity contribution in [1.29, 1.82) is 0 Å². The van der Waals surface area contributed by atoms with Crippen molar-refractivity contribution in [3.05, 3.63) is 93.1 Å². The monoisotopic (exact) mass is 634 g/mol. The molecule has 1 aliphatic rings. The first-order valence-electron chi connectivity index (χ1n) is 13.7. The van der Waals surface area contributed by atoms with Gasteiger partial charge in [0, 0.05) is 36.7 Å². The van der Waals surface area contributed by atoms with Gasteiger partial charge in [0.2, 0.25) is 5.78 Å². The van der Waals surface area contributed by atoms with Gasteiger partial charge in [0.1, 0.15) is 22.3 Å². The molecule has 0 radical (unpaired) electrons. The van der Waals surface area contributed by atoms with Crippen LogP contribution in [0, 0.1) is 17.5 Å². The topological polar surface area (TPSA) is 49.4 Å². The van der Waals surface area contributed by atoms with Gasteiger partial charge in [-0.15, -0.1) is 11.3 Å². The number of hydrogen-bond acceptors (Lipinski definition) is 4. The molecule has 1 aromatic heterocycles. The number of alkyl halides is 2. The highest BCUT2D eigenvalue weighted by Crippen LogP contribution is 2.40. The van der Waals surface area contributed by atoms with E-state index in [1.807, 2.05) is 7.05 Å². The molecule has 4 nitrogen and oxygen atoms in total. The Hall–Kier alpha value is -3.34. The Balaban J connectivity index is 1.50. The first kappa shape index (κ1) is 31.1. The third kappa shape index (κ3) is 6.32. The normalized spacial score (nSPS) is 17.3. The fourth-order valence-electron chi connectivity index (χ4n) is 5.54. The molecule has 0 unspecified atom stereocenters. The quantitative estimate of drug-likeness (QED) is 0.156. The largest absolute Gasteiger partial charge is 0.330 e. The average molecular weight is 635 g/mol. The van der Waals surface area contributed by atoms with Gasteiger partial charge >= 0.3 is 5.92 Å². The first-order chi connectivity index (χ1) is 20.4. The van der Waals surface area contributed by atoms with Gasteiger partial charge in [0.15, 0.2) is 0 Å². The fraction of sp³-hybridized carbons (Fsp3) is 0.312. The number of halogens is 6. The van der Waals surface area contributed by atoms with Gasteiger partial charge in [-0.1, -0.05) is 41.9 Å². The van der Waals surface area contributed by atoms with E-state index < -0.39 is 35.1 Å². The van der Waals surface area contributed by atoms with E-state index in [1.54, 1.807) is 6.07 Å². The molecule has 1 amide bonds. The van der Waals surface area contributed by atoms with Crippen LogP contribution in [0.3, 0.4) is 0 Å². The van der Waals surface area contributed by atoms with Crippen LogP contribution in [0.1, 0.15) is 58.2 Å². The lowest BCUT2D eigenvalue weighted by Gasteiger charge is -2.37. The predicted molar refractivity (Wildman–Crippen MR) is 159 cm³/mol. The predicted octanol–water partition coefficient (Wildman–Crippen LogP) is 8.65. The lowest BCUT2D eigenvalue weighted by Crippen LogP contribution is -2.44. The van der Waals surface area contributed by atoms with Gasteiger partial charge < -0.3 is 10.2 Å².